The summed E-state index contributed by atoms with van der Waals surface area (Å²) >= 11 is 5.40. The second kappa shape index (κ2) is 6.18. The molecule has 3 rings (SSSR count). The molecule has 0 amide bonds. The minimum absolute atomic E-state index is 0.445. The zero-order valence-corrected chi connectivity index (χ0v) is 13.1. The van der Waals surface area contributed by atoms with Crippen LogP contribution in [0.2, 0.25) is 0 Å². The maximum absolute atomic E-state index is 3.70. The Morgan fingerprint density at radius 2 is 2.21 bits per heavy atom. The second-order valence-electron chi connectivity index (χ2n) is 4.79. The highest BCUT2D eigenvalue weighted by Gasteiger charge is 2.17. The van der Waals surface area contributed by atoms with Gasteiger partial charge in [-0.2, -0.15) is 0 Å². The van der Waals surface area contributed by atoms with Crippen LogP contribution in [0.1, 0.15) is 28.5 Å². The molecule has 1 aromatic carbocycles. The molecule has 100 valence electrons. The molecule has 1 atom stereocenters. The van der Waals surface area contributed by atoms with Crippen molar-refractivity contribution in [2.75, 3.05) is 6.54 Å². The van der Waals surface area contributed by atoms with E-state index in [1.165, 1.54) is 20.5 Å². The molecular formula is C15H17BrN2S. The van der Waals surface area contributed by atoms with E-state index in [1.54, 1.807) is 11.3 Å². The summed E-state index contributed by atoms with van der Waals surface area (Å²) in [6.45, 7) is 2.98. The van der Waals surface area contributed by atoms with Gasteiger partial charge >= 0.3 is 0 Å². The van der Waals surface area contributed by atoms with Crippen molar-refractivity contribution in [2.45, 2.75) is 25.6 Å². The molecule has 0 fully saturated rings. The van der Waals surface area contributed by atoms with E-state index in [4.69, 9.17) is 0 Å². The first kappa shape index (κ1) is 13.3. The van der Waals surface area contributed by atoms with Crippen molar-refractivity contribution in [3.8, 4) is 0 Å². The van der Waals surface area contributed by atoms with Gasteiger partial charge in [-0.25, -0.2) is 0 Å². The largest absolute Gasteiger partial charge is 0.313 e. The lowest BCUT2D eigenvalue weighted by Crippen LogP contribution is -2.22. The summed E-state index contributed by atoms with van der Waals surface area (Å²) < 4.78 is 1.21. The Morgan fingerprint density at radius 3 is 3.05 bits per heavy atom. The van der Waals surface area contributed by atoms with Crippen molar-refractivity contribution in [3.05, 3.63) is 56.2 Å². The van der Waals surface area contributed by atoms with Crippen LogP contribution < -0.4 is 10.6 Å². The van der Waals surface area contributed by atoms with Crippen molar-refractivity contribution in [2.24, 2.45) is 0 Å². The lowest BCUT2D eigenvalue weighted by molar-refractivity contribution is 0.498. The molecule has 1 unspecified atom stereocenters. The van der Waals surface area contributed by atoms with Crippen LogP contribution in [0.3, 0.4) is 0 Å². The second-order valence-corrected chi connectivity index (χ2v) is 6.64. The Balaban J connectivity index is 1.75. The molecule has 0 spiro atoms. The Labute approximate surface area is 126 Å². The van der Waals surface area contributed by atoms with E-state index in [2.05, 4.69) is 62.3 Å². The smallest absolute Gasteiger partial charge is 0.0338 e. The standard InChI is InChI=1S/C15H17BrN2S/c16-13-6-8-19-15(13)10-18-14-5-7-17-9-11-3-1-2-4-12(11)14/h1-4,6,8,14,17-18H,5,7,9-10H2. The first-order valence-electron chi connectivity index (χ1n) is 6.58. The van der Waals surface area contributed by atoms with Gasteiger partial charge in [0.2, 0.25) is 0 Å². The Kier molecular flexibility index (Phi) is 4.33. The van der Waals surface area contributed by atoms with Gasteiger partial charge in [0.1, 0.15) is 0 Å². The van der Waals surface area contributed by atoms with Crippen LogP contribution in [0.25, 0.3) is 0 Å². The zero-order chi connectivity index (χ0) is 13.1. The Bertz CT molecular complexity index is 553. The highest BCUT2D eigenvalue weighted by molar-refractivity contribution is 9.10. The highest BCUT2D eigenvalue weighted by atomic mass is 79.9. The summed E-state index contributed by atoms with van der Waals surface area (Å²) in [6, 6.07) is 11.3. The minimum Gasteiger partial charge on any atom is -0.313 e. The minimum atomic E-state index is 0.445. The van der Waals surface area contributed by atoms with Crippen molar-refractivity contribution >= 4 is 27.3 Å². The number of hydrogen-bond acceptors (Lipinski definition) is 3. The quantitative estimate of drug-likeness (QED) is 0.889. The number of halogens is 1. The lowest BCUT2D eigenvalue weighted by Gasteiger charge is -2.18. The predicted octanol–water partition coefficient (Wildman–Crippen LogP) is 3.83. The molecule has 0 aliphatic carbocycles. The third kappa shape index (κ3) is 3.08. The number of benzene rings is 1. The molecule has 2 nitrogen and oxygen atoms in total. The van der Waals surface area contributed by atoms with Crippen LogP contribution in [0.15, 0.2) is 40.2 Å². The average Bonchev–Trinajstić information content (AvgIpc) is 2.73. The van der Waals surface area contributed by atoms with Gasteiger partial charge in [0.15, 0.2) is 0 Å². The van der Waals surface area contributed by atoms with Gasteiger partial charge in [0, 0.05) is 28.5 Å². The number of rotatable bonds is 3. The van der Waals surface area contributed by atoms with E-state index in [0.29, 0.717) is 6.04 Å². The van der Waals surface area contributed by atoms with E-state index in [9.17, 15) is 0 Å². The normalized spacial score (nSPS) is 18.9. The maximum Gasteiger partial charge on any atom is 0.0338 e. The average molecular weight is 337 g/mol. The van der Waals surface area contributed by atoms with Gasteiger partial charge in [-0.05, 0) is 51.5 Å². The maximum atomic E-state index is 3.70. The molecule has 0 bridgehead atoms. The molecule has 4 heteroatoms. The fraction of sp³-hybridized carbons (Fsp3) is 0.333. The number of fused-ring (bicyclic) bond motifs is 1. The summed E-state index contributed by atoms with van der Waals surface area (Å²) in [5.74, 6) is 0. The van der Waals surface area contributed by atoms with E-state index >= 15 is 0 Å². The summed E-state index contributed by atoms with van der Waals surface area (Å²) in [5, 5.41) is 9.32. The molecule has 19 heavy (non-hydrogen) atoms. The zero-order valence-electron chi connectivity index (χ0n) is 10.7. The lowest BCUT2D eigenvalue weighted by atomic mass is 9.99. The Morgan fingerprint density at radius 1 is 1.32 bits per heavy atom. The SMILES string of the molecule is Brc1ccsc1CNC1CCNCc2ccccc21. The van der Waals surface area contributed by atoms with Crippen LogP contribution >= 0.6 is 27.3 Å². The van der Waals surface area contributed by atoms with Crippen LogP contribution in [0.4, 0.5) is 0 Å². The van der Waals surface area contributed by atoms with Crippen LogP contribution in [0, 0.1) is 0 Å². The monoisotopic (exact) mass is 336 g/mol. The van der Waals surface area contributed by atoms with E-state index in [1.807, 2.05) is 0 Å². The van der Waals surface area contributed by atoms with Crippen LogP contribution in [0.5, 0.6) is 0 Å². The molecule has 2 aromatic rings. The third-order valence-corrected chi connectivity index (χ3v) is 5.48. The number of thiophene rings is 1. The molecule has 0 radical (unpaired) electrons. The van der Waals surface area contributed by atoms with Gasteiger partial charge < -0.3 is 10.6 Å². The molecular weight excluding hydrogens is 320 g/mol. The van der Waals surface area contributed by atoms with Crippen molar-refractivity contribution in [1.29, 1.82) is 0 Å². The van der Waals surface area contributed by atoms with Crippen molar-refractivity contribution in [1.82, 2.24) is 10.6 Å². The van der Waals surface area contributed by atoms with Crippen LogP contribution in [-0.4, -0.2) is 6.54 Å². The number of nitrogens with one attached hydrogen (secondary N) is 2. The molecule has 1 aromatic heterocycles. The van der Waals surface area contributed by atoms with E-state index < -0.39 is 0 Å². The van der Waals surface area contributed by atoms with Crippen LogP contribution in [-0.2, 0) is 13.1 Å². The molecule has 1 aliphatic heterocycles. The van der Waals surface area contributed by atoms with E-state index in [-0.39, 0.29) is 0 Å². The van der Waals surface area contributed by atoms with Gasteiger partial charge in [-0.3, -0.25) is 0 Å². The molecule has 0 saturated heterocycles. The summed E-state index contributed by atoms with van der Waals surface area (Å²) in [5.41, 5.74) is 2.86. The fourth-order valence-electron chi connectivity index (χ4n) is 2.54. The van der Waals surface area contributed by atoms with Gasteiger partial charge in [0.25, 0.3) is 0 Å². The van der Waals surface area contributed by atoms with Gasteiger partial charge in [0.05, 0.1) is 0 Å². The third-order valence-electron chi connectivity index (χ3n) is 3.56. The van der Waals surface area contributed by atoms with E-state index in [0.717, 1.165) is 26.1 Å². The highest BCUT2D eigenvalue weighted by Crippen LogP contribution is 2.26. The fourth-order valence-corrected chi connectivity index (χ4v) is 3.98. The topological polar surface area (TPSA) is 24.1 Å². The summed E-state index contributed by atoms with van der Waals surface area (Å²) in [7, 11) is 0. The van der Waals surface area contributed by atoms with Crippen molar-refractivity contribution < 1.29 is 0 Å². The first-order chi connectivity index (χ1) is 9.34. The molecule has 2 heterocycles. The number of hydrogen-bond donors (Lipinski definition) is 2. The van der Waals surface area contributed by atoms with Gasteiger partial charge in [-0.15, -0.1) is 11.3 Å². The first-order valence-corrected chi connectivity index (χ1v) is 8.25. The molecule has 2 N–H and O–H groups in total. The molecule has 0 saturated carbocycles. The summed E-state index contributed by atoms with van der Waals surface area (Å²) in [6.07, 6.45) is 1.14. The predicted molar refractivity (Wildman–Crippen MR) is 84.4 cm³/mol. The van der Waals surface area contributed by atoms with Crippen molar-refractivity contribution in [3.63, 3.8) is 0 Å². The summed E-state index contributed by atoms with van der Waals surface area (Å²) in [4.78, 5) is 1.37. The van der Waals surface area contributed by atoms with Gasteiger partial charge in [-0.1, -0.05) is 24.3 Å². The Hall–Kier alpha value is -0.680. The molecule has 1 aliphatic rings.